The summed E-state index contributed by atoms with van der Waals surface area (Å²) in [5.74, 6) is 1.77. The van der Waals surface area contributed by atoms with Gasteiger partial charge in [-0.15, -0.1) is 0 Å². The van der Waals surface area contributed by atoms with E-state index < -0.39 is 0 Å². The normalized spacial score (nSPS) is 21.8. The van der Waals surface area contributed by atoms with Crippen molar-refractivity contribution in [3.63, 3.8) is 0 Å². The van der Waals surface area contributed by atoms with Crippen molar-refractivity contribution in [2.45, 2.75) is 18.6 Å². The average molecular weight is 799 g/mol. The third kappa shape index (κ3) is 5.50. The molecule has 3 N–H and O–H groups in total. The zero-order chi connectivity index (χ0) is 40.7. The van der Waals surface area contributed by atoms with Gasteiger partial charge in [0.1, 0.15) is 11.6 Å². The van der Waals surface area contributed by atoms with Gasteiger partial charge < -0.3 is 20.0 Å². The molecule has 296 valence electrons. The summed E-state index contributed by atoms with van der Waals surface area (Å²) in [6.07, 6.45) is 17.4. The number of quaternary nitrogens is 1. The number of allylic oxidation sites excluding steroid dienone is 7. The number of hydrogen-bond acceptors (Lipinski definition) is 3. The summed E-state index contributed by atoms with van der Waals surface area (Å²) >= 11 is 0. The molecule has 3 aliphatic carbocycles. The first kappa shape index (κ1) is 35.4. The number of rotatable bonds is 5. The Kier molecular flexibility index (Phi) is 8.04. The summed E-state index contributed by atoms with van der Waals surface area (Å²) in [5.41, 5.74) is 17.5. The van der Waals surface area contributed by atoms with Crippen LogP contribution in [0.5, 0.6) is 0 Å². The van der Waals surface area contributed by atoms with Crippen LogP contribution in [0.3, 0.4) is 0 Å². The SMILES string of the molecule is C1=CC2C=CC3=C(C2C=C1)N(c1ccc(C2Nc4oc5cc(-c6ccccc6)c(-c6ccccc6)cc5c4C(c4ccccc4)[NH2+]2)c2ccccc12)C1=Cc2ccccc2CC13. The van der Waals surface area contributed by atoms with Crippen LogP contribution >= 0.6 is 0 Å². The van der Waals surface area contributed by atoms with Gasteiger partial charge in [-0.3, -0.25) is 0 Å². The van der Waals surface area contributed by atoms with E-state index in [0.29, 0.717) is 11.8 Å². The van der Waals surface area contributed by atoms with Gasteiger partial charge in [-0.2, -0.15) is 0 Å². The molecule has 0 saturated carbocycles. The van der Waals surface area contributed by atoms with Crippen molar-refractivity contribution >= 4 is 39.4 Å². The van der Waals surface area contributed by atoms with E-state index in [4.69, 9.17) is 4.42 Å². The number of hydrogen-bond donors (Lipinski definition) is 2. The fraction of sp³-hybridized carbons (Fsp3) is 0.103. The van der Waals surface area contributed by atoms with Crippen molar-refractivity contribution in [3.8, 4) is 22.3 Å². The minimum atomic E-state index is -0.107. The molecule has 2 aliphatic heterocycles. The largest absolute Gasteiger partial charge is 0.440 e. The summed E-state index contributed by atoms with van der Waals surface area (Å²) in [6, 6.07) is 59.7. The highest BCUT2D eigenvalue weighted by molar-refractivity contribution is 6.01. The molecular formula is C58H44N3O+. The Morgan fingerprint density at radius 3 is 2.13 bits per heavy atom. The van der Waals surface area contributed by atoms with Crippen molar-refractivity contribution in [2.24, 2.45) is 17.8 Å². The van der Waals surface area contributed by atoms with Crippen LogP contribution in [0, 0.1) is 17.8 Å². The van der Waals surface area contributed by atoms with Gasteiger partial charge in [-0.1, -0.05) is 176 Å². The fourth-order valence-electron chi connectivity index (χ4n) is 11.2. The number of benzene rings is 7. The van der Waals surface area contributed by atoms with E-state index in [9.17, 15) is 0 Å². The van der Waals surface area contributed by atoms with Gasteiger partial charge in [0.05, 0.1) is 11.3 Å². The molecule has 8 aromatic rings. The maximum atomic E-state index is 6.99. The molecule has 0 amide bonds. The van der Waals surface area contributed by atoms with Crippen LogP contribution in [0.2, 0.25) is 0 Å². The first-order valence-corrected chi connectivity index (χ1v) is 22.0. The van der Waals surface area contributed by atoms with Gasteiger partial charge in [0.25, 0.3) is 0 Å². The Morgan fingerprint density at radius 1 is 0.629 bits per heavy atom. The van der Waals surface area contributed by atoms with E-state index in [0.717, 1.165) is 28.8 Å². The van der Waals surface area contributed by atoms with E-state index in [2.05, 4.69) is 222 Å². The Labute approximate surface area is 361 Å². The molecule has 0 fully saturated rings. The van der Waals surface area contributed by atoms with Crippen molar-refractivity contribution in [1.82, 2.24) is 0 Å². The minimum Gasteiger partial charge on any atom is -0.440 e. The topological polar surface area (TPSA) is 45.0 Å². The minimum absolute atomic E-state index is 0.0000399. The lowest BCUT2D eigenvalue weighted by atomic mass is 9.77. The van der Waals surface area contributed by atoms with Crippen LogP contribution in [0.15, 0.2) is 222 Å². The standard InChI is InChI=1S/C58H43N3O/c1-4-16-36(17-5-1)47-34-50-53(35-48(47)37-18-6-2-7-19-37)62-58-54(50)55(39-21-8-3-9-22-39)59-57(60-58)46-30-31-51(44-27-15-14-26-43(44)46)61-52-33-41-24-11-10-23-40(41)32-49(52)45-29-28-38-20-12-13-25-42(38)56(45)61/h1-31,33-35,38,42,49,55,57,59-60H,32H2/p+1. The van der Waals surface area contributed by atoms with Gasteiger partial charge in [0, 0.05) is 51.0 Å². The lowest BCUT2D eigenvalue weighted by Crippen LogP contribution is -2.89. The van der Waals surface area contributed by atoms with Crippen molar-refractivity contribution in [2.75, 3.05) is 10.2 Å². The van der Waals surface area contributed by atoms with Crippen LogP contribution in [-0.4, -0.2) is 0 Å². The zero-order valence-electron chi connectivity index (χ0n) is 34.2. The summed E-state index contributed by atoms with van der Waals surface area (Å²) in [7, 11) is 0. The molecule has 5 unspecified atom stereocenters. The number of nitrogens with zero attached hydrogens (tertiary/aromatic N) is 1. The summed E-state index contributed by atoms with van der Waals surface area (Å²) in [6.45, 7) is 0. The predicted molar refractivity (Wildman–Crippen MR) is 253 cm³/mol. The second-order valence-electron chi connectivity index (χ2n) is 17.3. The van der Waals surface area contributed by atoms with Crippen molar-refractivity contribution in [3.05, 3.63) is 245 Å². The highest BCUT2D eigenvalue weighted by Crippen LogP contribution is 2.54. The van der Waals surface area contributed by atoms with Crippen molar-refractivity contribution in [1.29, 1.82) is 0 Å². The van der Waals surface area contributed by atoms with Crippen molar-refractivity contribution < 1.29 is 9.73 Å². The Morgan fingerprint density at radius 2 is 1.32 bits per heavy atom. The molecule has 5 aliphatic rings. The lowest BCUT2D eigenvalue weighted by molar-refractivity contribution is -0.723. The van der Waals surface area contributed by atoms with Gasteiger partial charge in [-0.25, -0.2) is 0 Å². The molecule has 62 heavy (non-hydrogen) atoms. The molecule has 1 aromatic heterocycles. The van der Waals surface area contributed by atoms with E-state index in [1.807, 2.05) is 0 Å². The van der Waals surface area contributed by atoms with E-state index >= 15 is 0 Å². The number of anilines is 2. The first-order valence-electron chi connectivity index (χ1n) is 22.0. The maximum Gasteiger partial charge on any atom is 0.208 e. The van der Waals surface area contributed by atoms with Crippen LogP contribution < -0.4 is 15.5 Å². The summed E-state index contributed by atoms with van der Waals surface area (Å²) in [5, 5.41) is 10.1. The smallest absolute Gasteiger partial charge is 0.208 e. The fourth-order valence-corrected chi connectivity index (χ4v) is 11.2. The second-order valence-corrected chi connectivity index (χ2v) is 17.3. The van der Waals surface area contributed by atoms with E-state index in [1.54, 1.807) is 0 Å². The molecule has 4 heteroatoms. The molecule has 0 radical (unpaired) electrons. The van der Waals surface area contributed by atoms with Gasteiger partial charge in [-0.05, 0) is 81.1 Å². The molecule has 0 spiro atoms. The van der Waals surface area contributed by atoms with Crippen LogP contribution in [0.25, 0.3) is 50.1 Å². The number of fused-ring (bicyclic) bond motifs is 9. The third-order valence-corrected chi connectivity index (χ3v) is 14.0. The van der Waals surface area contributed by atoms with Gasteiger partial charge >= 0.3 is 0 Å². The number of nitrogens with two attached hydrogens (primary N) is 1. The first-order chi connectivity index (χ1) is 30.7. The zero-order valence-corrected chi connectivity index (χ0v) is 34.2. The molecule has 13 rings (SSSR count). The number of furan rings is 1. The predicted octanol–water partition coefficient (Wildman–Crippen LogP) is 12.9. The molecule has 0 saturated heterocycles. The number of nitrogens with one attached hydrogen (secondary N) is 1. The second kappa shape index (κ2) is 14.1. The third-order valence-electron chi connectivity index (χ3n) is 14.0. The van der Waals surface area contributed by atoms with Crippen LogP contribution in [-0.2, 0) is 6.42 Å². The molecule has 5 atom stereocenters. The van der Waals surface area contributed by atoms with Gasteiger partial charge in [0.15, 0.2) is 6.17 Å². The van der Waals surface area contributed by atoms with E-state index in [1.165, 1.54) is 77.9 Å². The van der Waals surface area contributed by atoms with Crippen LogP contribution in [0.1, 0.15) is 40.0 Å². The molecule has 7 aromatic carbocycles. The lowest BCUT2D eigenvalue weighted by Gasteiger charge is -2.35. The molecule has 0 bridgehead atoms. The summed E-state index contributed by atoms with van der Waals surface area (Å²) < 4.78 is 6.99. The molecule has 4 nitrogen and oxygen atoms in total. The summed E-state index contributed by atoms with van der Waals surface area (Å²) in [4.78, 5) is 2.64. The highest BCUT2D eigenvalue weighted by atomic mass is 16.4. The molecule has 3 heterocycles. The average Bonchev–Trinajstić information content (AvgIpc) is 3.87. The monoisotopic (exact) mass is 798 g/mol. The van der Waals surface area contributed by atoms with Crippen LogP contribution in [0.4, 0.5) is 11.6 Å². The molecular weight excluding hydrogens is 755 g/mol. The quantitative estimate of drug-likeness (QED) is 0.182. The maximum absolute atomic E-state index is 6.99. The highest BCUT2D eigenvalue weighted by Gasteiger charge is 2.44. The van der Waals surface area contributed by atoms with E-state index in [-0.39, 0.29) is 18.1 Å². The Balaban J connectivity index is 0.968. The Hall–Kier alpha value is -7.40. The Bertz CT molecular complexity index is 3240. The van der Waals surface area contributed by atoms with Gasteiger partial charge in [0.2, 0.25) is 5.88 Å².